The highest BCUT2D eigenvalue weighted by Gasteiger charge is 2.29. The summed E-state index contributed by atoms with van der Waals surface area (Å²) in [6.45, 7) is 1.75. The van der Waals surface area contributed by atoms with Crippen molar-refractivity contribution in [2.45, 2.75) is 17.1 Å². The summed E-state index contributed by atoms with van der Waals surface area (Å²) >= 11 is 31.4. The predicted octanol–water partition coefficient (Wildman–Crippen LogP) is 8.02. The van der Waals surface area contributed by atoms with Crippen molar-refractivity contribution in [3.63, 3.8) is 0 Å². The minimum Gasteiger partial charge on any atom is -0.478 e. The summed E-state index contributed by atoms with van der Waals surface area (Å²) in [5.41, 5.74) is -0.107. The zero-order chi connectivity index (χ0) is 25.9. The van der Waals surface area contributed by atoms with Crippen molar-refractivity contribution in [1.82, 2.24) is 0 Å². The van der Waals surface area contributed by atoms with Gasteiger partial charge in [-0.05, 0) is 43.3 Å². The number of para-hydroxylation sites is 1. The Morgan fingerprint density at radius 2 is 1.37 bits per heavy atom. The summed E-state index contributed by atoms with van der Waals surface area (Å²) in [5, 5.41) is 13.6. The van der Waals surface area contributed by atoms with Crippen molar-refractivity contribution in [3.05, 3.63) is 84.8 Å². The molecule has 1 unspecified atom stereocenters. The van der Waals surface area contributed by atoms with Gasteiger partial charge in [-0.1, -0.05) is 70.1 Å². The van der Waals surface area contributed by atoms with Gasteiger partial charge in [0.25, 0.3) is 5.91 Å². The van der Waals surface area contributed by atoms with E-state index in [1.165, 1.54) is 11.8 Å². The van der Waals surface area contributed by atoms with Crippen LogP contribution in [0.25, 0.3) is 0 Å². The second-order valence-corrected chi connectivity index (χ2v) is 10.4. The molecule has 0 aliphatic heterocycles. The van der Waals surface area contributed by atoms with Crippen molar-refractivity contribution in [3.8, 4) is 0 Å². The molecule has 3 rings (SSSR count). The van der Waals surface area contributed by atoms with Gasteiger partial charge in [-0.3, -0.25) is 9.59 Å². The van der Waals surface area contributed by atoms with Crippen molar-refractivity contribution in [1.29, 1.82) is 0 Å². The summed E-state index contributed by atoms with van der Waals surface area (Å²) in [4.78, 5) is 37.8. The number of anilines is 2. The average Bonchev–Trinajstić information content (AvgIpc) is 2.82. The van der Waals surface area contributed by atoms with E-state index in [9.17, 15) is 19.5 Å². The van der Waals surface area contributed by atoms with Crippen molar-refractivity contribution < 1.29 is 19.5 Å². The second kappa shape index (κ2) is 11.7. The molecule has 3 aromatic carbocycles. The fraction of sp³-hybridized carbons (Fsp3) is 0.0870. The fourth-order valence-electron chi connectivity index (χ4n) is 2.91. The Balaban J connectivity index is 1.72. The quantitative estimate of drug-likeness (QED) is 0.147. The maximum Gasteiger partial charge on any atom is 0.338 e. The summed E-state index contributed by atoms with van der Waals surface area (Å²) < 4.78 is 0. The maximum absolute atomic E-state index is 12.8. The van der Waals surface area contributed by atoms with Crippen LogP contribution in [-0.2, 0) is 4.79 Å². The molecule has 0 radical (unpaired) electrons. The van der Waals surface area contributed by atoms with Gasteiger partial charge >= 0.3 is 5.97 Å². The third-order valence-corrected chi connectivity index (χ3v) is 7.88. The highest BCUT2D eigenvalue weighted by molar-refractivity contribution is 8.00. The summed E-state index contributed by atoms with van der Waals surface area (Å²) in [6.07, 6.45) is 0. The van der Waals surface area contributed by atoms with E-state index in [2.05, 4.69) is 10.6 Å². The van der Waals surface area contributed by atoms with Gasteiger partial charge in [0, 0.05) is 10.6 Å². The Labute approximate surface area is 229 Å². The van der Waals surface area contributed by atoms with Gasteiger partial charge in [0.15, 0.2) is 0 Å². The first-order chi connectivity index (χ1) is 16.5. The zero-order valence-electron chi connectivity index (χ0n) is 17.7. The molecular weight excluding hydrogens is 578 g/mol. The highest BCUT2D eigenvalue weighted by atomic mass is 35.5. The van der Waals surface area contributed by atoms with Gasteiger partial charge < -0.3 is 15.7 Å². The molecule has 12 heteroatoms. The monoisotopic (exact) mass is 590 g/mol. The van der Waals surface area contributed by atoms with E-state index >= 15 is 0 Å². The predicted molar refractivity (Wildman–Crippen MR) is 143 cm³/mol. The summed E-state index contributed by atoms with van der Waals surface area (Å²) in [5.74, 6) is -2.55. The van der Waals surface area contributed by atoms with Gasteiger partial charge in [-0.25, -0.2) is 4.79 Å². The Morgan fingerprint density at radius 1 is 0.800 bits per heavy atom. The molecule has 182 valence electrons. The number of halogens is 5. The lowest BCUT2D eigenvalue weighted by atomic mass is 10.1. The molecule has 0 saturated carbocycles. The molecule has 6 nitrogen and oxygen atoms in total. The molecule has 0 heterocycles. The lowest BCUT2D eigenvalue weighted by molar-refractivity contribution is -0.115. The van der Waals surface area contributed by atoms with Crippen molar-refractivity contribution >= 4 is 98.9 Å². The number of thioether (sulfide) groups is 1. The lowest BCUT2D eigenvalue weighted by Crippen LogP contribution is -2.22. The van der Waals surface area contributed by atoms with Crippen LogP contribution in [0.3, 0.4) is 0 Å². The zero-order valence-corrected chi connectivity index (χ0v) is 22.3. The van der Waals surface area contributed by atoms with E-state index < -0.39 is 33.3 Å². The number of carbonyl (C=O) groups is 3. The van der Waals surface area contributed by atoms with Crippen LogP contribution < -0.4 is 10.6 Å². The Kier molecular flexibility index (Phi) is 9.21. The molecule has 0 fully saturated rings. The molecule has 3 N–H and O–H groups in total. The smallest absolute Gasteiger partial charge is 0.338 e. The molecule has 1 atom stereocenters. The third kappa shape index (κ3) is 6.36. The van der Waals surface area contributed by atoms with Gasteiger partial charge in [0.2, 0.25) is 5.91 Å². The van der Waals surface area contributed by atoms with Crippen LogP contribution in [0.2, 0.25) is 25.1 Å². The summed E-state index contributed by atoms with van der Waals surface area (Å²) in [7, 11) is 0. The molecule has 2 amide bonds. The lowest BCUT2D eigenvalue weighted by Gasteiger charge is -2.15. The molecule has 35 heavy (non-hydrogen) atoms. The highest BCUT2D eigenvalue weighted by Crippen LogP contribution is 2.42. The summed E-state index contributed by atoms with van der Waals surface area (Å²) in [6, 6.07) is 13.5. The molecule has 0 aliphatic rings. The number of carboxylic acid groups (broad SMARTS) is 1. The van der Waals surface area contributed by atoms with E-state index in [4.69, 9.17) is 58.0 Å². The topological polar surface area (TPSA) is 95.5 Å². The van der Waals surface area contributed by atoms with Crippen LogP contribution >= 0.6 is 69.8 Å². The molecular formula is C23H15Cl5N2O4S. The second-order valence-electron chi connectivity index (χ2n) is 7.02. The van der Waals surface area contributed by atoms with Crippen molar-refractivity contribution in [2.24, 2.45) is 0 Å². The Hall–Kier alpha value is -2.13. The standard InChI is InChI=1S/C23H15Cl5N2O4S/c1-10(21(31)30-14-5-3-2-4-13(14)24)35-12-8-6-11(7-9-12)29-22(32)15-16(23(33)34)18(26)20(28)19(27)17(15)25/h2-10H,1H3,(H,29,32)(H,30,31)(H,33,34). The van der Waals surface area contributed by atoms with E-state index in [-0.39, 0.29) is 21.0 Å². The maximum atomic E-state index is 12.8. The van der Waals surface area contributed by atoms with Gasteiger partial charge in [0.05, 0.1) is 47.2 Å². The first-order valence-corrected chi connectivity index (χ1v) is 12.5. The van der Waals surface area contributed by atoms with Gasteiger partial charge in [-0.2, -0.15) is 0 Å². The molecule has 0 bridgehead atoms. The minimum atomic E-state index is -1.49. The van der Waals surface area contributed by atoms with Gasteiger partial charge in [-0.15, -0.1) is 11.8 Å². The minimum absolute atomic E-state index is 0.229. The largest absolute Gasteiger partial charge is 0.478 e. The van der Waals surface area contributed by atoms with Crippen LogP contribution in [0.4, 0.5) is 11.4 Å². The first kappa shape index (κ1) is 27.5. The number of hydrogen-bond donors (Lipinski definition) is 3. The van der Waals surface area contributed by atoms with Crippen LogP contribution in [0.5, 0.6) is 0 Å². The van der Waals surface area contributed by atoms with Crippen molar-refractivity contribution in [2.75, 3.05) is 10.6 Å². The average molecular weight is 593 g/mol. The Bertz CT molecular complexity index is 1320. The number of nitrogens with one attached hydrogen (secondary N) is 2. The first-order valence-electron chi connectivity index (χ1n) is 9.74. The number of aromatic carboxylic acids is 1. The van der Waals surface area contributed by atoms with Crippen LogP contribution in [-0.4, -0.2) is 28.1 Å². The fourth-order valence-corrected chi connectivity index (χ4v) is 4.98. The van der Waals surface area contributed by atoms with E-state index in [0.717, 1.165) is 4.90 Å². The number of amides is 2. The van der Waals surface area contributed by atoms with Crippen LogP contribution in [0.15, 0.2) is 53.4 Å². The number of carbonyl (C=O) groups excluding carboxylic acids is 2. The van der Waals surface area contributed by atoms with Crippen LogP contribution in [0.1, 0.15) is 27.6 Å². The molecule has 0 saturated heterocycles. The number of rotatable bonds is 7. The normalized spacial score (nSPS) is 11.6. The Morgan fingerprint density at radius 3 is 1.94 bits per heavy atom. The third-order valence-electron chi connectivity index (χ3n) is 4.63. The molecule has 0 aliphatic carbocycles. The van der Waals surface area contributed by atoms with Gasteiger partial charge in [0.1, 0.15) is 0 Å². The van der Waals surface area contributed by atoms with Crippen LogP contribution in [0, 0.1) is 0 Å². The number of carboxylic acids is 1. The molecule has 0 aromatic heterocycles. The SMILES string of the molecule is CC(Sc1ccc(NC(=O)c2c(Cl)c(Cl)c(Cl)c(Cl)c2C(=O)O)cc1)C(=O)Nc1ccccc1Cl. The van der Waals surface area contributed by atoms with E-state index in [1.54, 1.807) is 55.5 Å². The van der Waals surface area contributed by atoms with E-state index in [1.807, 2.05) is 0 Å². The number of hydrogen-bond acceptors (Lipinski definition) is 4. The molecule has 0 spiro atoms. The number of benzene rings is 3. The van der Waals surface area contributed by atoms with E-state index in [0.29, 0.717) is 16.4 Å². The molecule has 3 aromatic rings.